The van der Waals surface area contributed by atoms with E-state index in [0.29, 0.717) is 5.69 Å². The van der Waals surface area contributed by atoms with Gasteiger partial charge in [-0.25, -0.2) is 20.1 Å². The molecule has 0 amide bonds. The Labute approximate surface area is 190 Å². The second kappa shape index (κ2) is 10.1. The minimum Gasteiger partial charge on any atom is -0.497 e. The number of fused-ring (bicyclic) bond motifs is 1. The van der Waals surface area contributed by atoms with E-state index in [0.717, 1.165) is 33.7 Å². The van der Waals surface area contributed by atoms with Crippen molar-refractivity contribution in [1.82, 2.24) is 14.5 Å². The van der Waals surface area contributed by atoms with Crippen molar-refractivity contribution in [3.8, 4) is 22.6 Å². The summed E-state index contributed by atoms with van der Waals surface area (Å²) in [5, 5.41) is 9.28. The second-order valence-corrected chi connectivity index (χ2v) is 6.98. The number of pyridine rings is 1. The van der Waals surface area contributed by atoms with E-state index in [9.17, 15) is 10.1 Å². The van der Waals surface area contributed by atoms with Crippen LogP contribution in [-0.2, 0) is 0 Å². The Morgan fingerprint density at radius 2 is 1.55 bits per heavy atom. The molecule has 164 valence electrons. The van der Waals surface area contributed by atoms with Gasteiger partial charge in [-0.15, -0.1) is 5.43 Å². The number of methoxy groups -OCH3 is 1. The van der Waals surface area contributed by atoms with Crippen LogP contribution in [0.3, 0.4) is 0 Å². The first-order valence-corrected chi connectivity index (χ1v) is 10.1. The van der Waals surface area contributed by atoms with Gasteiger partial charge in [-0.05, 0) is 48.0 Å². The molecule has 3 aromatic carbocycles. The molecular weight excluding hydrogens is 418 g/mol. The fourth-order valence-electron chi connectivity index (χ4n) is 3.24. The normalized spacial score (nSPS) is 10.2. The van der Waals surface area contributed by atoms with Gasteiger partial charge in [-0.2, -0.15) is 0 Å². The third kappa shape index (κ3) is 5.31. The predicted octanol–water partition coefficient (Wildman–Crippen LogP) is 5.39. The van der Waals surface area contributed by atoms with Gasteiger partial charge in [0.1, 0.15) is 23.3 Å². The summed E-state index contributed by atoms with van der Waals surface area (Å²) in [7, 11) is 1.67. The number of nitrogens with zero attached hydrogens (tertiary/aromatic N) is 4. The zero-order valence-electron chi connectivity index (χ0n) is 17.8. The van der Waals surface area contributed by atoms with Crippen LogP contribution in [0, 0.1) is 10.1 Å². The molecular formula is C25H21N5O3. The first-order chi connectivity index (χ1) is 16.1. The molecule has 0 unspecified atom stereocenters. The molecule has 8 nitrogen and oxygen atoms in total. The van der Waals surface area contributed by atoms with Gasteiger partial charge in [0, 0.05) is 17.4 Å². The van der Waals surface area contributed by atoms with Crippen molar-refractivity contribution >= 4 is 16.9 Å². The standard InChI is InChI=1S/C19H15N3O.C6H6N2O2/c1-23-17-9-7-14(8-10-17)15-11-18-19(20-12-15)22(13-21-18)16-5-3-2-4-6-16;9-8(10)7-6-4-2-1-3-5-6/h2-13H,1H3;1-5,7H. The largest absolute Gasteiger partial charge is 0.497 e. The molecule has 2 aromatic heterocycles. The lowest BCUT2D eigenvalue weighted by Gasteiger charge is -2.05. The molecule has 2 heterocycles. The number of anilines is 1. The maximum atomic E-state index is 9.86. The number of aromatic nitrogens is 3. The first kappa shape index (κ1) is 21.5. The van der Waals surface area contributed by atoms with Crippen LogP contribution in [0.4, 0.5) is 5.69 Å². The Kier molecular flexibility index (Phi) is 6.56. The molecule has 0 aliphatic carbocycles. The van der Waals surface area contributed by atoms with Gasteiger partial charge in [-0.1, -0.05) is 48.5 Å². The summed E-state index contributed by atoms with van der Waals surface area (Å²) in [4.78, 5) is 19.0. The van der Waals surface area contributed by atoms with E-state index in [1.54, 1.807) is 37.4 Å². The van der Waals surface area contributed by atoms with Gasteiger partial charge in [-0.3, -0.25) is 4.57 Å². The lowest BCUT2D eigenvalue weighted by atomic mass is 10.1. The highest BCUT2D eigenvalue weighted by atomic mass is 16.7. The van der Waals surface area contributed by atoms with Gasteiger partial charge >= 0.3 is 0 Å². The lowest BCUT2D eigenvalue weighted by Crippen LogP contribution is -2.06. The Morgan fingerprint density at radius 1 is 0.879 bits per heavy atom. The van der Waals surface area contributed by atoms with Gasteiger partial charge in [0.2, 0.25) is 0 Å². The molecule has 0 atom stereocenters. The summed E-state index contributed by atoms with van der Waals surface area (Å²) >= 11 is 0. The Balaban J connectivity index is 0.000000219. The molecule has 0 aliphatic rings. The van der Waals surface area contributed by atoms with Crippen molar-refractivity contribution in [2.24, 2.45) is 0 Å². The van der Waals surface area contributed by atoms with Crippen molar-refractivity contribution < 1.29 is 9.77 Å². The number of rotatable bonds is 5. The Hall–Kier alpha value is -4.72. The average Bonchev–Trinajstić information content (AvgIpc) is 3.29. The summed E-state index contributed by atoms with van der Waals surface area (Å²) < 4.78 is 7.19. The maximum absolute atomic E-state index is 9.86. The Bertz CT molecular complexity index is 1340. The summed E-state index contributed by atoms with van der Waals surface area (Å²) in [6, 6.07) is 28.6. The van der Waals surface area contributed by atoms with E-state index in [2.05, 4.69) is 16.0 Å². The first-order valence-electron chi connectivity index (χ1n) is 10.1. The predicted molar refractivity (Wildman–Crippen MR) is 128 cm³/mol. The van der Waals surface area contributed by atoms with Gasteiger partial charge in [0.05, 0.1) is 7.11 Å². The minimum absolute atomic E-state index is 0.493. The molecule has 0 saturated heterocycles. The van der Waals surface area contributed by atoms with Gasteiger partial charge in [0.15, 0.2) is 10.7 Å². The number of benzene rings is 3. The number of hydrogen-bond donors (Lipinski definition) is 1. The van der Waals surface area contributed by atoms with Crippen LogP contribution in [0.15, 0.2) is 104 Å². The van der Waals surface area contributed by atoms with Crippen LogP contribution in [0.1, 0.15) is 0 Å². The van der Waals surface area contributed by atoms with Crippen molar-refractivity contribution in [3.05, 3.63) is 114 Å². The van der Waals surface area contributed by atoms with Crippen molar-refractivity contribution in [1.29, 1.82) is 0 Å². The van der Waals surface area contributed by atoms with Crippen LogP contribution in [0.25, 0.3) is 28.0 Å². The minimum atomic E-state index is -0.588. The van der Waals surface area contributed by atoms with Crippen LogP contribution in [0.5, 0.6) is 5.75 Å². The molecule has 0 fully saturated rings. The molecule has 5 aromatic rings. The summed E-state index contributed by atoms with van der Waals surface area (Å²) in [6.07, 6.45) is 3.69. The molecule has 1 N–H and O–H groups in total. The monoisotopic (exact) mass is 439 g/mol. The number of para-hydroxylation sites is 2. The fraction of sp³-hybridized carbons (Fsp3) is 0.0400. The molecule has 5 rings (SSSR count). The summed E-state index contributed by atoms with van der Waals surface area (Å²) in [5.41, 5.74) is 7.44. The molecule has 0 saturated carbocycles. The topological polar surface area (TPSA) is 95.1 Å². The van der Waals surface area contributed by atoms with E-state index in [-0.39, 0.29) is 0 Å². The molecule has 8 heteroatoms. The number of hydrogen-bond acceptors (Lipinski definition) is 5. The SMILES string of the molecule is COc1ccc(-c2cnc3c(c2)ncn3-c2ccccc2)cc1.O=[N+]([O-])Nc1ccccc1. The highest BCUT2D eigenvalue weighted by molar-refractivity contribution is 5.79. The zero-order valence-corrected chi connectivity index (χ0v) is 17.8. The number of nitrogens with one attached hydrogen (secondary N) is 1. The number of imidazole rings is 1. The second-order valence-electron chi connectivity index (χ2n) is 6.98. The molecule has 33 heavy (non-hydrogen) atoms. The highest BCUT2D eigenvalue weighted by Gasteiger charge is 2.08. The molecule has 0 aliphatic heterocycles. The van der Waals surface area contributed by atoms with Crippen LogP contribution in [-0.4, -0.2) is 26.7 Å². The van der Waals surface area contributed by atoms with E-state index >= 15 is 0 Å². The fourth-order valence-corrected chi connectivity index (χ4v) is 3.24. The third-order valence-electron chi connectivity index (χ3n) is 4.84. The van der Waals surface area contributed by atoms with Crippen LogP contribution in [0.2, 0.25) is 0 Å². The van der Waals surface area contributed by atoms with Crippen molar-refractivity contribution in [2.75, 3.05) is 12.5 Å². The summed E-state index contributed by atoms with van der Waals surface area (Å²) in [5.74, 6) is 0.844. The highest BCUT2D eigenvalue weighted by Crippen LogP contribution is 2.25. The van der Waals surface area contributed by atoms with E-state index < -0.39 is 5.03 Å². The molecule has 0 bridgehead atoms. The van der Waals surface area contributed by atoms with Crippen molar-refractivity contribution in [3.63, 3.8) is 0 Å². The average molecular weight is 439 g/mol. The van der Waals surface area contributed by atoms with Crippen molar-refractivity contribution in [2.45, 2.75) is 0 Å². The van der Waals surface area contributed by atoms with Crippen LogP contribution >= 0.6 is 0 Å². The third-order valence-corrected chi connectivity index (χ3v) is 4.84. The maximum Gasteiger partial charge on any atom is 0.164 e. The van der Waals surface area contributed by atoms with Gasteiger partial charge < -0.3 is 4.74 Å². The van der Waals surface area contributed by atoms with Crippen LogP contribution < -0.4 is 10.2 Å². The number of nitro groups is 1. The molecule has 0 spiro atoms. The lowest BCUT2D eigenvalue weighted by molar-refractivity contribution is -0.445. The Morgan fingerprint density at radius 3 is 2.18 bits per heavy atom. The number of ether oxygens (including phenoxy) is 1. The smallest absolute Gasteiger partial charge is 0.164 e. The summed E-state index contributed by atoms with van der Waals surface area (Å²) in [6.45, 7) is 0. The quantitative estimate of drug-likeness (QED) is 0.292. The van der Waals surface area contributed by atoms with E-state index in [1.165, 1.54) is 0 Å². The van der Waals surface area contributed by atoms with E-state index in [1.807, 2.05) is 77.1 Å². The molecule has 0 radical (unpaired) electrons. The van der Waals surface area contributed by atoms with Gasteiger partial charge in [0.25, 0.3) is 0 Å². The van der Waals surface area contributed by atoms with E-state index in [4.69, 9.17) is 4.74 Å². The number of hydrazine groups is 1. The zero-order chi connectivity index (χ0) is 23.0.